The Morgan fingerprint density at radius 3 is 2.62 bits per heavy atom. The first-order valence-corrected chi connectivity index (χ1v) is 8.42. The predicted molar refractivity (Wildman–Crippen MR) is 89.4 cm³/mol. The molecule has 1 aromatic carbocycles. The number of likely N-dealkylation sites (tertiary alicyclic amines) is 1. The van der Waals surface area contributed by atoms with E-state index in [9.17, 15) is 0 Å². The number of hydrogen-bond donors (Lipinski definition) is 0. The Morgan fingerprint density at radius 1 is 1.24 bits per heavy atom. The summed E-state index contributed by atoms with van der Waals surface area (Å²) in [5.41, 5.74) is 1.94. The fourth-order valence-electron chi connectivity index (χ4n) is 3.27. The van der Waals surface area contributed by atoms with Crippen LogP contribution in [-0.2, 0) is 0 Å². The fourth-order valence-corrected chi connectivity index (χ4v) is 3.63. The number of nitrogens with zero attached hydrogens (tertiary/aromatic N) is 3. The Morgan fingerprint density at radius 2 is 1.95 bits per heavy atom. The second-order valence-electron chi connectivity index (χ2n) is 5.92. The third-order valence-electron chi connectivity index (χ3n) is 4.22. The monoisotopic (exact) mass is 325 g/mol. The van der Waals surface area contributed by atoms with Gasteiger partial charge in [-0.25, -0.2) is 4.98 Å². The Bertz CT molecular complexity index is 630. The second-order valence-corrected chi connectivity index (χ2v) is 6.98. The molecule has 2 atom stereocenters. The minimum absolute atomic E-state index is 0.130. The summed E-state index contributed by atoms with van der Waals surface area (Å²) in [6.07, 6.45) is 2.62. The van der Waals surface area contributed by atoms with Gasteiger partial charge in [0.1, 0.15) is 11.3 Å². The van der Waals surface area contributed by atoms with Crippen LogP contribution in [-0.4, -0.2) is 34.1 Å². The molecule has 0 saturated carbocycles. The molecule has 2 unspecified atom stereocenters. The van der Waals surface area contributed by atoms with Crippen LogP contribution < -0.4 is 0 Å². The minimum atomic E-state index is -0.130. The van der Waals surface area contributed by atoms with E-state index in [1.165, 1.54) is 25.9 Å². The minimum Gasteiger partial charge on any atom is -0.323 e. The van der Waals surface area contributed by atoms with Gasteiger partial charge in [0.15, 0.2) is 0 Å². The summed E-state index contributed by atoms with van der Waals surface area (Å²) in [7, 11) is 0. The maximum atomic E-state index is 6.35. The number of para-hydroxylation sites is 1. The molecule has 0 N–H and O–H groups in total. The lowest BCUT2D eigenvalue weighted by atomic mass is 10.2. The molecule has 3 nitrogen and oxygen atoms in total. The van der Waals surface area contributed by atoms with Crippen LogP contribution in [0.4, 0.5) is 0 Å². The van der Waals surface area contributed by atoms with Crippen LogP contribution in [0.5, 0.6) is 0 Å². The van der Waals surface area contributed by atoms with Crippen molar-refractivity contribution in [3.63, 3.8) is 0 Å². The molecule has 5 heteroatoms. The van der Waals surface area contributed by atoms with Crippen molar-refractivity contribution in [2.75, 3.05) is 19.6 Å². The Hall–Kier alpha value is -0.770. The van der Waals surface area contributed by atoms with Gasteiger partial charge in [0, 0.05) is 12.6 Å². The molecular formula is C16H21Cl2N3. The SMILES string of the molecule is CC(Cl)c1nc2c(Cl)cccc2n1C(C)CN1CCCC1. The van der Waals surface area contributed by atoms with Crippen molar-refractivity contribution in [2.45, 2.75) is 38.1 Å². The van der Waals surface area contributed by atoms with Gasteiger partial charge >= 0.3 is 0 Å². The average Bonchev–Trinajstić information content (AvgIpc) is 3.05. The predicted octanol–water partition coefficient (Wildman–Crippen LogP) is 4.65. The van der Waals surface area contributed by atoms with Crippen molar-refractivity contribution in [1.82, 2.24) is 14.5 Å². The molecule has 2 aromatic rings. The van der Waals surface area contributed by atoms with E-state index < -0.39 is 0 Å². The van der Waals surface area contributed by atoms with Crippen molar-refractivity contribution < 1.29 is 0 Å². The van der Waals surface area contributed by atoms with Gasteiger partial charge in [-0.05, 0) is 51.9 Å². The molecular weight excluding hydrogens is 305 g/mol. The molecule has 1 aromatic heterocycles. The van der Waals surface area contributed by atoms with Gasteiger partial charge in [0.25, 0.3) is 0 Å². The molecule has 2 heterocycles. The van der Waals surface area contributed by atoms with Gasteiger partial charge in [-0.15, -0.1) is 11.6 Å². The molecule has 114 valence electrons. The zero-order valence-electron chi connectivity index (χ0n) is 12.5. The Kier molecular flexibility index (Phi) is 4.43. The maximum Gasteiger partial charge on any atom is 0.128 e. The lowest BCUT2D eigenvalue weighted by Crippen LogP contribution is -2.28. The number of benzene rings is 1. The lowest BCUT2D eigenvalue weighted by molar-refractivity contribution is 0.287. The standard InChI is InChI=1S/C16H21Cl2N3/c1-11(10-20-8-3-4-9-20)21-14-7-5-6-13(18)15(14)19-16(21)12(2)17/h5-7,11-12H,3-4,8-10H2,1-2H3. The van der Waals surface area contributed by atoms with Crippen LogP contribution in [0.1, 0.15) is 43.9 Å². The highest BCUT2D eigenvalue weighted by molar-refractivity contribution is 6.35. The van der Waals surface area contributed by atoms with Crippen LogP contribution in [0.2, 0.25) is 5.02 Å². The van der Waals surface area contributed by atoms with E-state index in [1.807, 2.05) is 19.1 Å². The molecule has 0 amide bonds. The summed E-state index contributed by atoms with van der Waals surface area (Å²) >= 11 is 12.6. The first-order chi connectivity index (χ1) is 10.1. The lowest BCUT2D eigenvalue weighted by Gasteiger charge is -2.24. The summed E-state index contributed by atoms with van der Waals surface area (Å²) < 4.78 is 2.26. The fraction of sp³-hybridized carbons (Fsp3) is 0.562. The van der Waals surface area contributed by atoms with Gasteiger partial charge in [-0.1, -0.05) is 17.7 Å². The van der Waals surface area contributed by atoms with Crippen molar-refractivity contribution in [1.29, 1.82) is 0 Å². The van der Waals surface area contributed by atoms with Crippen LogP contribution in [0.25, 0.3) is 11.0 Å². The van der Waals surface area contributed by atoms with Crippen LogP contribution >= 0.6 is 23.2 Å². The number of hydrogen-bond acceptors (Lipinski definition) is 2. The van der Waals surface area contributed by atoms with E-state index in [2.05, 4.69) is 27.4 Å². The molecule has 21 heavy (non-hydrogen) atoms. The third kappa shape index (κ3) is 2.92. The molecule has 0 radical (unpaired) electrons. The molecule has 1 aliphatic heterocycles. The zero-order chi connectivity index (χ0) is 15.0. The number of rotatable bonds is 4. The number of fused-ring (bicyclic) bond motifs is 1. The highest BCUT2D eigenvalue weighted by Gasteiger charge is 2.22. The highest BCUT2D eigenvalue weighted by atomic mass is 35.5. The van der Waals surface area contributed by atoms with E-state index in [1.54, 1.807) is 0 Å². The highest BCUT2D eigenvalue weighted by Crippen LogP contribution is 2.31. The summed E-state index contributed by atoms with van der Waals surface area (Å²) in [5.74, 6) is 0.909. The van der Waals surface area contributed by atoms with Gasteiger partial charge in [-0.2, -0.15) is 0 Å². The number of imidazole rings is 1. The van der Waals surface area contributed by atoms with Gasteiger partial charge in [-0.3, -0.25) is 0 Å². The summed E-state index contributed by atoms with van der Waals surface area (Å²) in [6, 6.07) is 6.28. The summed E-state index contributed by atoms with van der Waals surface area (Å²) in [6.45, 7) is 7.64. The normalized spacial score (nSPS) is 19.2. The number of alkyl halides is 1. The van der Waals surface area contributed by atoms with E-state index in [0.29, 0.717) is 11.1 Å². The average molecular weight is 326 g/mol. The molecule has 1 saturated heterocycles. The topological polar surface area (TPSA) is 21.1 Å². The van der Waals surface area contributed by atoms with Crippen molar-refractivity contribution in [3.8, 4) is 0 Å². The van der Waals surface area contributed by atoms with E-state index in [0.717, 1.165) is 23.4 Å². The maximum absolute atomic E-state index is 6.35. The van der Waals surface area contributed by atoms with Gasteiger partial charge in [0.2, 0.25) is 0 Å². The number of aromatic nitrogens is 2. The molecule has 1 fully saturated rings. The molecule has 0 aliphatic carbocycles. The van der Waals surface area contributed by atoms with Crippen LogP contribution in [0.15, 0.2) is 18.2 Å². The van der Waals surface area contributed by atoms with Crippen molar-refractivity contribution in [3.05, 3.63) is 29.0 Å². The second kappa shape index (κ2) is 6.15. The van der Waals surface area contributed by atoms with Crippen LogP contribution in [0.3, 0.4) is 0 Å². The van der Waals surface area contributed by atoms with Crippen molar-refractivity contribution >= 4 is 34.2 Å². The molecule has 0 spiro atoms. The first-order valence-electron chi connectivity index (χ1n) is 7.60. The summed E-state index contributed by atoms with van der Waals surface area (Å²) in [4.78, 5) is 7.21. The van der Waals surface area contributed by atoms with E-state index >= 15 is 0 Å². The smallest absolute Gasteiger partial charge is 0.128 e. The van der Waals surface area contributed by atoms with E-state index in [4.69, 9.17) is 23.2 Å². The zero-order valence-corrected chi connectivity index (χ0v) is 14.0. The molecule has 0 bridgehead atoms. The van der Waals surface area contributed by atoms with Gasteiger partial charge < -0.3 is 9.47 Å². The molecule has 1 aliphatic rings. The van der Waals surface area contributed by atoms with Gasteiger partial charge in [0.05, 0.1) is 15.9 Å². The first kappa shape index (κ1) is 15.1. The molecule has 3 rings (SSSR count). The van der Waals surface area contributed by atoms with Crippen LogP contribution in [0, 0.1) is 0 Å². The largest absolute Gasteiger partial charge is 0.323 e. The van der Waals surface area contributed by atoms with E-state index in [-0.39, 0.29) is 5.38 Å². The Labute approximate surface area is 135 Å². The third-order valence-corrected chi connectivity index (χ3v) is 4.72. The van der Waals surface area contributed by atoms with Crippen molar-refractivity contribution in [2.24, 2.45) is 0 Å². The quantitative estimate of drug-likeness (QED) is 0.763. The number of halogens is 2. The Balaban J connectivity index is 2.02. The summed E-state index contributed by atoms with van der Waals surface area (Å²) in [5, 5.41) is 0.563.